The van der Waals surface area contributed by atoms with E-state index in [1.807, 2.05) is 24.3 Å². The number of nitrogens with zero attached hydrogens (tertiary/aromatic N) is 4. The van der Waals surface area contributed by atoms with Crippen molar-refractivity contribution in [3.8, 4) is 11.5 Å². The van der Waals surface area contributed by atoms with Crippen LogP contribution in [-0.4, -0.2) is 64.2 Å². The molecular formula is C27H29F2N7O3. The van der Waals surface area contributed by atoms with Crippen LogP contribution in [-0.2, 0) is 6.54 Å². The zero-order valence-electron chi connectivity index (χ0n) is 21.8. The number of aromatic nitrogens is 1. The van der Waals surface area contributed by atoms with Crippen molar-refractivity contribution in [2.45, 2.75) is 6.54 Å². The van der Waals surface area contributed by atoms with Gasteiger partial charge in [0, 0.05) is 62.3 Å². The van der Waals surface area contributed by atoms with E-state index >= 15 is 8.78 Å². The summed E-state index contributed by atoms with van der Waals surface area (Å²) in [5, 5.41) is 12.3. The van der Waals surface area contributed by atoms with E-state index in [1.165, 1.54) is 32.4 Å². The number of nitrogen functional groups attached to an aromatic ring is 1. The largest absolute Gasteiger partial charge is 0.493 e. The molecule has 5 rings (SSSR count). The number of carbonyl (C=O) groups excluding carboxylic acids is 1. The Morgan fingerprint density at radius 3 is 2.26 bits per heavy atom. The second-order valence-corrected chi connectivity index (χ2v) is 9.24. The van der Waals surface area contributed by atoms with Crippen molar-refractivity contribution in [2.24, 2.45) is 0 Å². The molecule has 1 saturated heterocycles. The van der Waals surface area contributed by atoms with Crippen LogP contribution in [0, 0.1) is 17.0 Å². The summed E-state index contributed by atoms with van der Waals surface area (Å²) in [4.78, 5) is 22.2. The Hall–Kier alpha value is -4.45. The van der Waals surface area contributed by atoms with Crippen molar-refractivity contribution in [3.05, 3.63) is 64.9 Å². The van der Waals surface area contributed by atoms with Crippen molar-refractivity contribution in [2.75, 3.05) is 67.9 Å². The van der Waals surface area contributed by atoms with Crippen LogP contribution in [0.4, 0.5) is 36.5 Å². The SMILES string of the molecule is COc1cc(OC)c(F)c(N2Cc3cnc(N)c(C(=N)c4ccc(N5CCNCC5)cc4)c3N(C)C2=O)c1F. The van der Waals surface area contributed by atoms with Gasteiger partial charge in [-0.25, -0.2) is 18.6 Å². The highest BCUT2D eigenvalue weighted by Gasteiger charge is 2.37. The summed E-state index contributed by atoms with van der Waals surface area (Å²) >= 11 is 0. The van der Waals surface area contributed by atoms with Gasteiger partial charge in [0.25, 0.3) is 0 Å². The molecule has 0 bridgehead atoms. The van der Waals surface area contributed by atoms with E-state index < -0.39 is 23.4 Å². The number of benzene rings is 2. The quantitative estimate of drug-likeness (QED) is 0.413. The Morgan fingerprint density at radius 2 is 1.67 bits per heavy atom. The number of hydrogen-bond acceptors (Lipinski definition) is 8. The van der Waals surface area contributed by atoms with E-state index in [1.54, 1.807) is 0 Å². The first-order chi connectivity index (χ1) is 18.8. The van der Waals surface area contributed by atoms with E-state index in [0.29, 0.717) is 16.8 Å². The molecule has 0 saturated carbocycles. The highest BCUT2D eigenvalue weighted by atomic mass is 19.1. The lowest BCUT2D eigenvalue weighted by Crippen LogP contribution is -2.47. The van der Waals surface area contributed by atoms with E-state index in [4.69, 9.17) is 20.6 Å². The lowest BCUT2D eigenvalue weighted by Gasteiger charge is -2.36. The number of carbonyl (C=O) groups is 1. The van der Waals surface area contributed by atoms with Crippen LogP contribution in [0.1, 0.15) is 16.7 Å². The highest BCUT2D eigenvalue weighted by molar-refractivity contribution is 6.20. The molecule has 0 spiro atoms. The number of piperazine rings is 1. The first kappa shape index (κ1) is 26.2. The number of anilines is 4. The van der Waals surface area contributed by atoms with Gasteiger partial charge in [0.1, 0.15) is 11.5 Å². The number of urea groups is 1. The molecule has 2 amide bonds. The number of pyridine rings is 1. The Kier molecular flexibility index (Phi) is 6.96. The molecule has 10 nitrogen and oxygen atoms in total. The lowest BCUT2D eigenvalue weighted by molar-refractivity contribution is 0.250. The van der Waals surface area contributed by atoms with E-state index in [9.17, 15) is 4.79 Å². The molecule has 0 atom stereocenters. The van der Waals surface area contributed by atoms with Gasteiger partial charge in [-0.2, -0.15) is 0 Å². The average molecular weight is 538 g/mol. The zero-order valence-corrected chi connectivity index (χ0v) is 21.8. The number of ether oxygens (including phenoxy) is 2. The number of amides is 2. The van der Waals surface area contributed by atoms with Gasteiger partial charge >= 0.3 is 6.03 Å². The second-order valence-electron chi connectivity index (χ2n) is 9.24. The number of methoxy groups -OCH3 is 2. The molecule has 2 aromatic carbocycles. The van der Waals surface area contributed by atoms with Crippen LogP contribution < -0.4 is 35.2 Å². The second kappa shape index (κ2) is 10.4. The summed E-state index contributed by atoms with van der Waals surface area (Å²) in [5.41, 5.74) is 8.44. The Balaban J connectivity index is 1.53. The van der Waals surface area contributed by atoms with Gasteiger partial charge in [-0.1, -0.05) is 12.1 Å². The molecule has 3 heterocycles. The Bertz CT molecular complexity index is 1410. The lowest BCUT2D eigenvalue weighted by atomic mass is 9.97. The topological polar surface area (TPSA) is 120 Å². The van der Waals surface area contributed by atoms with Gasteiger partial charge in [0.05, 0.1) is 37.7 Å². The number of nitrogens with one attached hydrogen (secondary N) is 2. The number of hydrogen-bond donors (Lipinski definition) is 3. The molecule has 204 valence electrons. The average Bonchev–Trinajstić information content (AvgIpc) is 2.96. The fourth-order valence-electron chi connectivity index (χ4n) is 5.01. The predicted octanol–water partition coefficient (Wildman–Crippen LogP) is 3.36. The third-order valence-electron chi connectivity index (χ3n) is 7.05. The van der Waals surface area contributed by atoms with Crippen molar-refractivity contribution in [1.82, 2.24) is 10.3 Å². The number of nitrogens with two attached hydrogens (primary N) is 1. The molecule has 39 heavy (non-hydrogen) atoms. The molecule has 1 fully saturated rings. The van der Waals surface area contributed by atoms with Crippen molar-refractivity contribution >= 4 is 34.6 Å². The predicted molar refractivity (Wildman–Crippen MR) is 146 cm³/mol. The molecule has 1 aromatic heterocycles. The van der Waals surface area contributed by atoms with Crippen LogP contribution in [0.3, 0.4) is 0 Å². The maximum Gasteiger partial charge on any atom is 0.329 e. The molecule has 2 aliphatic heterocycles. The molecule has 4 N–H and O–H groups in total. The first-order valence-electron chi connectivity index (χ1n) is 12.3. The van der Waals surface area contributed by atoms with Gasteiger partial charge in [0.15, 0.2) is 23.1 Å². The fourth-order valence-corrected chi connectivity index (χ4v) is 5.01. The number of rotatable bonds is 6. The minimum atomic E-state index is -1.04. The molecule has 3 aromatic rings. The monoisotopic (exact) mass is 537 g/mol. The summed E-state index contributed by atoms with van der Waals surface area (Å²) < 4.78 is 40.6. The third-order valence-corrected chi connectivity index (χ3v) is 7.05. The van der Waals surface area contributed by atoms with Crippen LogP contribution in [0.15, 0.2) is 36.5 Å². The van der Waals surface area contributed by atoms with Gasteiger partial charge in [-0.05, 0) is 12.1 Å². The minimum absolute atomic E-state index is 0.0680. The highest BCUT2D eigenvalue weighted by Crippen LogP contribution is 2.42. The smallest absolute Gasteiger partial charge is 0.329 e. The van der Waals surface area contributed by atoms with E-state index in [-0.39, 0.29) is 35.1 Å². The van der Waals surface area contributed by atoms with Gasteiger partial charge in [-0.15, -0.1) is 0 Å². The number of halogens is 2. The van der Waals surface area contributed by atoms with Crippen molar-refractivity contribution in [1.29, 1.82) is 5.41 Å². The summed E-state index contributed by atoms with van der Waals surface area (Å²) in [5.74, 6) is -2.55. The Labute approximate surface area is 224 Å². The van der Waals surface area contributed by atoms with Crippen LogP contribution in [0.5, 0.6) is 11.5 Å². The standard InChI is InChI=1S/C27H29F2N7O3/c1-34-24-16(14-36(27(34)37)25-21(28)18(38-2)12-19(39-3)22(25)29)13-33-26(31)20(24)23(30)15-4-6-17(7-5-15)35-10-8-32-9-11-35/h4-7,12-13,30,32H,8-11,14H2,1-3H3,(H2,31,33). The van der Waals surface area contributed by atoms with Crippen molar-refractivity contribution in [3.63, 3.8) is 0 Å². The maximum atomic E-state index is 15.3. The number of fused-ring (bicyclic) bond motifs is 1. The molecule has 0 radical (unpaired) electrons. The summed E-state index contributed by atoms with van der Waals surface area (Å²) in [6.07, 6.45) is 1.44. The molecule has 0 aliphatic carbocycles. The van der Waals surface area contributed by atoms with Gasteiger partial charge in [0.2, 0.25) is 0 Å². The molecule has 12 heteroatoms. The normalized spacial score (nSPS) is 15.3. The minimum Gasteiger partial charge on any atom is -0.493 e. The first-order valence-corrected chi connectivity index (χ1v) is 12.3. The van der Waals surface area contributed by atoms with Crippen LogP contribution in [0.2, 0.25) is 0 Å². The van der Waals surface area contributed by atoms with Gasteiger partial charge < -0.3 is 25.4 Å². The molecular weight excluding hydrogens is 508 g/mol. The molecule has 0 unspecified atom stereocenters. The van der Waals surface area contributed by atoms with Crippen LogP contribution in [0.25, 0.3) is 0 Å². The molecule has 2 aliphatic rings. The van der Waals surface area contributed by atoms with E-state index in [0.717, 1.165) is 42.8 Å². The Morgan fingerprint density at radius 1 is 1.05 bits per heavy atom. The summed E-state index contributed by atoms with van der Waals surface area (Å²) in [6.45, 7) is 3.39. The van der Waals surface area contributed by atoms with Crippen molar-refractivity contribution < 1.29 is 23.0 Å². The maximum absolute atomic E-state index is 15.3. The fraction of sp³-hybridized carbons (Fsp3) is 0.296. The van der Waals surface area contributed by atoms with Gasteiger partial charge in [-0.3, -0.25) is 15.2 Å². The third kappa shape index (κ3) is 4.46. The van der Waals surface area contributed by atoms with Crippen LogP contribution >= 0.6 is 0 Å². The van der Waals surface area contributed by atoms with E-state index in [2.05, 4.69) is 15.2 Å². The summed E-state index contributed by atoms with van der Waals surface area (Å²) in [6, 6.07) is 7.93. The zero-order chi connectivity index (χ0) is 27.8. The summed E-state index contributed by atoms with van der Waals surface area (Å²) in [7, 11) is 3.93.